The van der Waals surface area contributed by atoms with Crippen molar-refractivity contribution in [3.8, 4) is 11.5 Å². The Morgan fingerprint density at radius 2 is 1.80 bits per heavy atom. The predicted octanol–water partition coefficient (Wildman–Crippen LogP) is 2.67. The Morgan fingerprint density at radius 3 is 2.55 bits per heavy atom. The highest BCUT2D eigenvalue weighted by atomic mass is 19.1. The zero-order valence-corrected chi connectivity index (χ0v) is 24.9. The molecule has 3 aromatic rings. The van der Waals surface area contributed by atoms with Gasteiger partial charge in [-0.1, -0.05) is 18.2 Å². The van der Waals surface area contributed by atoms with Crippen LogP contribution in [0.2, 0.25) is 0 Å². The second-order valence-corrected chi connectivity index (χ2v) is 11.3. The number of hydrogen-bond donors (Lipinski definition) is 3. The minimum atomic E-state index is -0.276. The molecule has 4 aliphatic rings. The molecule has 4 heterocycles. The summed E-state index contributed by atoms with van der Waals surface area (Å²) in [5.74, 6) is 1.82. The molecule has 0 atom stereocenters. The van der Waals surface area contributed by atoms with Crippen molar-refractivity contribution in [1.29, 1.82) is 0 Å². The van der Waals surface area contributed by atoms with Crippen LogP contribution in [-0.4, -0.2) is 71.9 Å². The maximum absolute atomic E-state index is 15.3. The Bertz CT molecular complexity index is 1800. The van der Waals surface area contributed by atoms with Gasteiger partial charge in [-0.3, -0.25) is 5.43 Å². The van der Waals surface area contributed by atoms with Crippen LogP contribution in [-0.2, 0) is 0 Å². The first kappa shape index (κ1) is 28.0. The topological polar surface area (TPSA) is 118 Å². The zero-order chi connectivity index (χ0) is 30.2. The molecule has 12 heteroatoms. The monoisotopic (exact) mass is 597 g/mol. The quantitative estimate of drug-likeness (QED) is 0.394. The minimum absolute atomic E-state index is 0.141. The van der Waals surface area contributed by atoms with Gasteiger partial charge in [0.1, 0.15) is 5.82 Å². The lowest BCUT2D eigenvalue weighted by molar-refractivity contribution is 0.207. The van der Waals surface area contributed by atoms with Crippen LogP contribution >= 0.6 is 0 Å². The van der Waals surface area contributed by atoms with Crippen molar-refractivity contribution < 1.29 is 13.9 Å². The summed E-state index contributed by atoms with van der Waals surface area (Å²) in [6.45, 7) is 4.12. The van der Waals surface area contributed by atoms with E-state index in [2.05, 4.69) is 35.7 Å². The molecular formula is C32H36FN9O2. The van der Waals surface area contributed by atoms with E-state index in [0.717, 1.165) is 47.6 Å². The van der Waals surface area contributed by atoms with Crippen LogP contribution in [0.3, 0.4) is 0 Å². The molecular weight excluding hydrogens is 561 g/mol. The third kappa shape index (κ3) is 5.25. The smallest absolute Gasteiger partial charge is 0.248 e. The summed E-state index contributed by atoms with van der Waals surface area (Å²) in [6.07, 6.45) is 12.5. The minimum Gasteiger partial charge on any atom is -0.493 e. The average molecular weight is 598 g/mol. The summed E-state index contributed by atoms with van der Waals surface area (Å²) in [5, 5.41) is 14.0. The number of hydrazone groups is 1. The van der Waals surface area contributed by atoms with Crippen molar-refractivity contribution in [1.82, 2.24) is 25.1 Å². The maximum atomic E-state index is 15.3. The van der Waals surface area contributed by atoms with Gasteiger partial charge in [0, 0.05) is 35.6 Å². The van der Waals surface area contributed by atoms with E-state index in [-0.39, 0.29) is 17.7 Å². The lowest BCUT2D eigenvalue weighted by Crippen LogP contribution is -2.44. The Kier molecular flexibility index (Phi) is 7.42. The number of hydrogen-bond acceptors (Lipinski definition) is 10. The summed E-state index contributed by atoms with van der Waals surface area (Å²) in [7, 11) is 3.22. The molecule has 0 unspecified atom stereocenters. The molecule has 4 N–H and O–H groups in total. The number of aromatic nitrogens is 3. The van der Waals surface area contributed by atoms with Gasteiger partial charge in [-0.15, -0.1) is 5.10 Å². The predicted molar refractivity (Wildman–Crippen MR) is 170 cm³/mol. The number of piperidine rings is 1. The number of ether oxygens (including phenoxy) is 2. The van der Waals surface area contributed by atoms with Crippen LogP contribution in [0.25, 0.3) is 11.8 Å². The van der Waals surface area contributed by atoms with E-state index in [9.17, 15) is 0 Å². The van der Waals surface area contributed by atoms with Gasteiger partial charge < -0.3 is 30.3 Å². The molecule has 3 aliphatic heterocycles. The summed E-state index contributed by atoms with van der Waals surface area (Å²) in [5.41, 5.74) is 12.2. The number of methoxy groups -OCH3 is 2. The van der Waals surface area contributed by atoms with Crippen molar-refractivity contribution in [2.24, 2.45) is 5.10 Å². The van der Waals surface area contributed by atoms with Gasteiger partial charge in [-0.2, -0.15) is 14.8 Å². The van der Waals surface area contributed by atoms with Crippen LogP contribution in [0.5, 0.6) is 11.5 Å². The summed E-state index contributed by atoms with van der Waals surface area (Å²) >= 11 is 0. The molecule has 44 heavy (non-hydrogen) atoms. The molecule has 2 fully saturated rings. The van der Waals surface area contributed by atoms with Crippen molar-refractivity contribution >= 4 is 40.9 Å². The first-order chi connectivity index (χ1) is 21.5. The highest BCUT2D eigenvalue weighted by Gasteiger charge is 2.27. The van der Waals surface area contributed by atoms with Crippen LogP contribution in [0.1, 0.15) is 25.7 Å². The molecule has 11 nitrogen and oxygen atoms in total. The van der Waals surface area contributed by atoms with Crippen LogP contribution in [0, 0.1) is 5.82 Å². The van der Waals surface area contributed by atoms with Gasteiger partial charge in [0.05, 0.1) is 25.6 Å². The van der Waals surface area contributed by atoms with Crippen LogP contribution in [0.15, 0.2) is 59.2 Å². The van der Waals surface area contributed by atoms with E-state index >= 15 is 4.39 Å². The molecule has 1 aromatic heterocycles. The first-order valence-electron chi connectivity index (χ1n) is 15.0. The van der Waals surface area contributed by atoms with E-state index in [4.69, 9.17) is 15.2 Å². The van der Waals surface area contributed by atoms with E-state index < -0.39 is 0 Å². The molecule has 0 saturated carbocycles. The fourth-order valence-electron chi connectivity index (χ4n) is 6.48. The molecule has 7 rings (SSSR count). The number of likely N-dealkylation sites (tertiary alicyclic amines) is 1. The normalized spacial score (nSPS) is 18.4. The highest BCUT2D eigenvalue weighted by molar-refractivity contribution is 6.01. The number of nitrogens with zero attached hydrogens (tertiary/aromatic N) is 6. The lowest BCUT2D eigenvalue weighted by atomic mass is 10.0. The second kappa shape index (κ2) is 11.7. The number of nitrogen functional groups attached to an aromatic ring is 1. The van der Waals surface area contributed by atoms with Crippen LogP contribution in [0.4, 0.5) is 27.7 Å². The molecule has 0 amide bonds. The lowest BCUT2D eigenvalue weighted by Gasteiger charge is -2.37. The number of benzene rings is 2. The van der Waals surface area contributed by atoms with Crippen LogP contribution < -0.4 is 41.3 Å². The number of anilines is 4. The average Bonchev–Trinajstić information content (AvgIpc) is 3.67. The Morgan fingerprint density at radius 1 is 1.02 bits per heavy atom. The summed E-state index contributed by atoms with van der Waals surface area (Å²) in [6, 6.07) is 9.61. The van der Waals surface area contributed by atoms with Crippen molar-refractivity contribution in [3.05, 3.63) is 70.4 Å². The fourth-order valence-corrected chi connectivity index (χ4v) is 6.48. The van der Waals surface area contributed by atoms with Gasteiger partial charge in [0.15, 0.2) is 17.3 Å². The molecule has 228 valence electrons. The zero-order valence-electron chi connectivity index (χ0n) is 24.9. The number of allylic oxidation sites excluding steroid dienone is 2. The molecule has 2 saturated heterocycles. The number of nitrogens with two attached hydrogens (primary N) is 1. The third-order valence-electron chi connectivity index (χ3n) is 8.75. The number of fused-ring (bicyclic) bond motifs is 2. The largest absolute Gasteiger partial charge is 0.493 e. The molecule has 1 aliphatic carbocycles. The van der Waals surface area contributed by atoms with E-state index in [0.29, 0.717) is 34.8 Å². The third-order valence-corrected chi connectivity index (χ3v) is 8.75. The Labute approximate surface area is 254 Å². The Hall–Kier alpha value is -4.84. The number of halogens is 1. The maximum Gasteiger partial charge on any atom is 0.248 e. The second-order valence-electron chi connectivity index (χ2n) is 11.3. The van der Waals surface area contributed by atoms with Gasteiger partial charge in [0.25, 0.3) is 0 Å². The SMILES string of the molecule is COc1cc2c(cc1OC)=C1NN=C(n3nc(Nc4ccc(N5CCC(N6CCCC6)CC5)c(F)c4)nc3N)C=C1C=CC=2. The van der Waals surface area contributed by atoms with Crippen molar-refractivity contribution in [2.75, 3.05) is 56.3 Å². The van der Waals surface area contributed by atoms with Gasteiger partial charge in [0.2, 0.25) is 11.9 Å². The van der Waals surface area contributed by atoms with Gasteiger partial charge in [-0.05, 0) is 80.4 Å². The van der Waals surface area contributed by atoms with E-state index in [1.54, 1.807) is 14.2 Å². The molecule has 0 bridgehead atoms. The first-order valence-corrected chi connectivity index (χ1v) is 15.0. The molecule has 0 spiro atoms. The number of nitrogens with one attached hydrogen (secondary N) is 2. The van der Waals surface area contributed by atoms with Gasteiger partial charge in [-0.25, -0.2) is 4.39 Å². The van der Waals surface area contributed by atoms with Gasteiger partial charge >= 0.3 is 0 Å². The van der Waals surface area contributed by atoms with Crippen molar-refractivity contribution in [2.45, 2.75) is 31.7 Å². The van der Waals surface area contributed by atoms with E-state index in [1.165, 1.54) is 36.7 Å². The Balaban J connectivity index is 1.07. The van der Waals surface area contributed by atoms with E-state index in [1.807, 2.05) is 48.6 Å². The highest BCUT2D eigenvalue weighted by Crippen LogP contribution is 2.29. The fraction of sp³-hybridized carbons (Fsp3) is 0.344. The number of rotatable bonds is 6. The van der Waals surface area contributed by atoms with Crippen molar-refractivity contribution in [3.63, 3.8) is 0 Å². The molecule has 2 aromatic carbocycles. The standard InChI is InChI=1S/C32H36FN9O2/c1-43-27-16-20-6-5-7-21-17-29(37-38-30(21)24(20)19-28(27)44-2)42-31(34)36-32(39-42)35-22-8-9-26(25(33)18-22)41-14-10-23(11-15-41)40-12-3-4-13-40/h5-9,16-19,23,38H,3-4,10-15H2,1-2H3,(H3,34,35,36,39). The summed E-state index contributed by atoms with van der Waals surface area (Å²) in [4.78, 5) is 9.10. The summed E-state index contributed by atoms with van der Waals surface area (Å²) < 4.78 is 27.7. The molecule has 0 radical (unpaired) electrons.